The average molecular weight is 360 g/mol. The second kappa shape index (κ2) is 7.47. The fourth-order valence-corrected chi connectivity index (χ4v) is 2.46. The average Bonchev–Trinajstić information content (AvgIpc) is 2.57. The van der Waals surface area contributed by atoms with E-state index in [4.69, 9.17) is 23.2 Å². The van der Waals surface area contributed by atoms with Crippen LogP contribution >= 0.6 is 23.2 Å². The van der Waals surface area contributed by atoms with Crippen molar-refractivity contribution in [1.29, 1.82) is 0 Å². The minimum atomic E-state index is 0.377. The summed E-state index contributed by atoms with van der Waals surface area (Å²) >= 11 is 11.9. The third-order valence-corrected chi connectivity index (χ3v) is 4.03. The quantitative estimate of drug-likeness (QED) is 0.682. The van der Waals surface area contributed by atoms with Gasteiger partial charge in [0.25, 0.3) is 0 Å². The summed E-state index contributed by atoms with van der Waals surface area (Å²) in [4.78, 5) is 4.39. The highest BCUT2D eigenvalue weighted by Crippen LogP contribution is 2.26. The first-order valence-electron chi connectivity index (χ1n) is 7.31. The molecule has 24 heavy (non-hydrogen) atoms. The van der Waals surface area contributed by atoms with Crippen LogP contribution in [0.25, 0.3) is 0 Å². The Morgan fingerprint density at radius 3 is 2.71 bits per heavy atom. The number of aromatic nitrogens is 3. The van der Waals surface area contributed by atoms with E-state index < -0.39 is 0 Å². The summed E-state index contributed by atoms with van der Waals surface area (Å²) in [7, 11) is 0. The Labute approximate surface area is 150 Å². The van der Waals surface area contributed by atoms with Crippen LogP contribution in [-0.2, 0) is 6.54 Å². The molecule has 0 aliphatic rings. The van der Waals surface area contributed by atoms with Gasteiger partial charge in [-0.05, 0) is 30.7 Å². The number of anilines is 3. The molecule has 7 heteroatoms. The number of nitrogens with zero attached hydrogens (tertiary/aromatic N) is 3. The summed E-state index contributed by atoms with van der Waals surface area (Å²) in [6.07, 6.45) is 1.58. The predicted molar refractivity (Wildman–Crippen MR) is 98.1 cm³/mol. The van der Waals surface area contributed by atoms with Gasteiger partial charge in [-0.25, -0.2) is 0 Å². The van der Waals surface area contributed by atoms with Crippen molar-refractivity contribution in [1.82, 2.24) is 15.2 Å². The number of hydrogen-bond donors (Lipinski definition) is 2. The lowest BCUT2D eigenvalue weighted by Crippen LogP contribution is -2.05. The van der Waals surface area contributed by atoms with Crippen LogP contribution < -0.4 is 10.6 Å². The van der Waals surface area contributed by atoms with E-state index in [-0.39, 0.29) is 0 Å². The van der Waals surface area contributed by atoms with Crippen LogP contribution in [0, 0.1) is 6.92 Å². The van der Waals surface area contributed by atoms with Gasteiger partial charge in [0.2, 0.25) is 5.95 Å². The monoisotopic (exact) mass is 359 g/mol. The number of rotatable bonds is 5. The Kier molecular flexibility index (Phi) is 5.13. The first-order chi connectivity index (χ1) is 11.6. The van der Waals surface area contributed by atoms with Gasteiger partial charge in [0, 0.05) is 12.2 Å². The van der Waals surface area contributed by atoms with E-state index in [2.05, 4.69) is 50.9 Å². The minimum Gasteiger partial charge on any atom is -0.365 e. The van der Waals surface area contributed by atoms with Crippen LogP contribution in [0.2, 0.25) is 10.0 Å². The van der Waals surface area contributed by atoms with Crippen molar-refractivity contribution < 1.29 is 0 Å². The van der Waals surface area contributed by atoms with E-state index in [9.17, 15) is 0 Å². The topological polar surface area (TPSA) is 62.7 Å². The van der Waals surface area contributed by atoms with Gasteiger partial charge >= 0.3 is 0 Å². The largest absolute Gasteiger partial charge is 0.365 e. The van der Waals surface area contributed by atoms with E-state index in [0.717, 1.165) is 5.69 Å². The van der Waals surface area contributed by atoms with Gasteiger partial charge in [0.1, 0.15) is 0 Å². The highest BCUT2D eigenvalue weighted by atomic mass is 35.5. The molecule has 0 aliphatic heterocycles. The number of hydrogen-bond acceptors (Lipinski definition) is 5. The van der Waals surface area contributed by atoms with Gasteiger partial charge in [-0.15, -0.1) is 5.10 Å². The Bertz CT molecular complexity index is 854. The van der Waals surface area contributed by atoms with Crippen LogP contribution in [-0.4, -0.2) is 15.2 Å². The summed E-state index contributed by atoms with van der Waals surface area (Å²) in [5.41, 5.74) is 3.13. The summed E-state index contributed by atoms with van der Waals surface area (Å²) < 4.78 is 0. The zero-order chi connectivity index (χ0) is 16.9. The smallest absolute Gasteiger partial charge is 0.249 e. The molecule has 2 aromatic carbocycles. The van der Waals surface area contributed by atoms with Crippen LogP contribution in [0.4, 0.5) is 17.5 Å². The molecule has 1 aromatic heterocycles. The number of halogens is 2. The Morgan fingerprint density at radius 1 is 1.04 bits per heavy atom. The van der Waals surface area contributed by atoms with Crippen molar-refractivity contribution >= 4 is 40.7 Å². The van der Waals surface area contributed by atoms with Gasteiger partial charge < -0.3 is 10.6 Å². The molecule has 0 saturated carbocycles. The van der Waals surface area contributed by atoms with Crippen LogP contribution in [0.1, 0.15) is 11.1 Å². The van der Waals surface area contributed by atoms with E-state index in [1.165, 1.54) is 11.1 Å². The second-order valence-electron chi connectivity index (χ2n) is 5.26. The molecule has 0 radical (unpaired) electrons. The molecule has 0 bridgehead atoms. The molecule has 5 nitrogen and oxygen atoms in total. The molecule has 0 spiro atoms. The van der Waals surface area contributed by atoms with Crippen LogP contribution in [0.15, 0.2) is 48.7 Å². The molecule has 0 aliphatic carbocycles. The Hall–Kier alpha value is -2.37. The maximum Gasteiger partial charge on any atom is 0.249 e. The van der Waals surface area contributed by atoms with Gasteiger partial charge in [0.05, 0.1) is 16.2 Å². The molecule has 3 aromatic rings. The summed E-state index contributed by atoms with van der Waals surface area (Å²) in [6, 6.07) is 13.5. The first-order valence-corrected chi connectivity index (χ1v) is 8.07. The van der Waals surface area contributed by atoms with E-state index in [1.54, 1.807) is 24.4 Å². The number of nitrogens with one attached hydrogen (secondary N) is 2. The number of aryl methyl sites for hydroxylation is 1. The lowest BCUT2D eigenvalue weighted by atomic mass is 10.1. The van der Waals surface area contributed by atoms with Gasteiger partial charge in [0.15, 0.2) is 5.82 Å². The van der Waals surface area contributed by atoms with Crippen molar-refractivity contribution in [2.45, 2.75) is 13.5 Å². The zero-order valence-corrected chi connectivity index (χ0v) is 14.4. The molecular formula is C17H15Cl2N5. The summed E-state index contributed by atoms with van der Waals surface area (Å²) in [5, 5.41) is 15.2. The highest BCUT2D eigenvalue weighted by Gasteiger charge is 2.04. The van der Waals surface area contributed by atoms with Gasteiger partial charge in [-0.3, -0.25) is 0 Å². The molecule has 2 N–H and O–H groups in total. The summed E-state index contributed by atoms with van der Waals surface area (Å²) in [6.45, 7) is 2.72. The van der Waals surface area contributed by atoms with Crippen LogP contribution in [0.5, 0.6) is 0 Å². The zero-order valence-electron chi connectivity index (χ0n) is 12.9. The lowest BCUT2D eigenvalue weighted by Gasteiger charge is -2.08. The Morgan fingerprint density at radius 2 is 1.92 bits per heavy atom. The van der Waals surface area contributed by atoms with Crippen LogP contribution in [0.3, 0.4) is 0 Å². The third-order valence-electron chi connectivity index (χ3n) is 3.29. The van der Waals surface area contributed by atoms with E-state index in [1.807, 2.05) is 6.07 Å². The number of benzene rings is 2. The van der Waals surface area contributed by atoms with Gasteiger partial charge in [-0.1, -0.05) is 53.0 Å². The van der Waals surface area contributed by atoms with Crippen molar-refractivity contribution in [3.63, 3.8) is 0 Å². The Balaban J connectivity index is 1.68. The predicted octanol–water partition coefficient (Wildman–Crippen LogP) is 4.84. The fourth-order valence-electron chi connectivity index (χ4n) is 2.16. The lowest BCUT2D eigenvalue weighted by molar-refractivity contribution is 0.965. The molecule has 1 heterocycles. The summed E-state index contributed by atoms with van der Waals surface area (Å²) in [5.74, 6) is 1.01. The van der Waals surface area contributed by atoms with E-state index >= 15 is 0 Å². The first kappa shape index (κ1) is 16.5. The van der Waals surface area contributed by atoms with Gasteiger partial charge in [-0.2, -0.15) is 10.1 Å². The normalized spacial score (nSPS) is 10.5. The molecule has 122 valence electrons. The second-order valence-corrected chi connectivity index (χ2v) is 6.08. The molecule has 3 rings (SSSR count). The molecule has 0 fully saturated rings. The SMILES string of the molecule is Cc1cccc(CNc2cnnc(Nc3ccc(Cl)c(Cl)c3)n2)c1. The van der Waals surface area contributed by atoms with Crippen molar-refractivity contribution in [2.24, 2.45) is 0 Å². The maximum absolute atomic E-state index is 6.00. The molecule has 0 saturated heterocycles. The molecule has 0 unspecified atom stereocenters. The molecule has 0 amide bonds. The van der Waals surface area contributed by atoms with E-state index in [0.29, 0.717) is 28.4 Å². The minimum absolute atomic E-state index is 0.377. The third kappa shape index (κ3) is 4.34. The molecular weight excluding hydrogens is 345 g/mol. The molecule has 0 atom stereocenters. The highest BCUT2D eigenvalue weighted by molar-refractivity contribution is 6.42. The standard InChI is InChI=1S/C17H15Cl2N5/c1-11-3-2-4-12(7-11)9-20-16-10-21-24-17(23-16)22-13-5-6-14(18)15(19)8-13/h2-8,10H,9H2,1H3,(H2,20,22,23,24). The van der Waals surface area contributed by atoms with Crippen molar-refractivity contribution in [3.05, 3.63) is 69.8 Å². The fraction of sp³-hybridized carbons (Fsp3) is 0.118. The van der Waals surface area contributed by atoms with Crippen molar-refractivity contribution in [2.75, 3.05) is 10.6 Å². The maximum atomic E-state index is 6.00. The van der Waals surface area contributed by atoms with Crippen molar-refractivity contribution in [3.8, 4) is 0 Å².